The van der Waals surface area contributed by atoms with Crippen molar-refractivity contribution in [2.45, 2.75) is 110 Å². The van der Waals surface area contributed by atoms with Crippen LogP contribution in [0.3, 0.4) is 0 Å². The van der Waals surface area contributed by atoms with Crippen molar-refractivity contribution in [3.8, 4) is 5.75 Å². The molecule has 2 nitrogen and oxygen atoms in total. The van der Waals surface area contributed by atoms with E-state index in [4.69, 9.17) is 4.74 Å². The summed E-state index contributed by atoms with van der Waals surface area (Å²) in [6.45, 7) is 5.67. The van der Waals surface area contributed by atoms with Gasteiger partial charge in [-0.05, 0) is 25.0 Å². The van der Waals surface area contributed by atoms with E-state index in [2.05, 4.69) is 27.9 Å². The van der Waals surface area contributed by atoms with E-state index in [1.54, 1.807) is 0 Å². The summed E-state index contributed by atoms with van der Waals surface area (Å²) in [5.74, 6) is 0.974. The minimum Gasteiger partial charge on any atom is -0.443 e. The number of nitrogens with zero attached hydrogens (tertiary/aromatic N) is 1. The number of para-hydroxylation sites is 1. The molecule has 0 heterocycles. The lowest BCUT2D eigenvalue weighted by molar-refractivity contribution is -0.931. The lowest BCUT2D eigenvalue weighted by Crippen LogP contribution is -2.50. The van der Waals surface area contributed by atoms with Crippen molar-refractivity contribution >= 4 is 0 Å². The molecule has 162 valence electrons. The Morgan fingerprint density at radius 1 is 0.679 bits per heavy atom. The molecule has 0 N–H and O–H groups in total. The first-order valence-electron chi connectivity index (χ1n) is 12.1. The van der Waals surface area contributed by atoms with Gasteiger partial charge in [0.25, 0.3) is 0 Å². The average Bonchev–Trinajstić information content (AvgIpc) is 2.69. The minimum absolute atomic E-state index is 0.185. The molecule has 0 radical (unpaired) electrons. The molecule has 28 heavy (non-hydrogen) atoms. The summed E-state index contributed by atoms with van der Waals surface area (Å²) in [5.41, 5.74) is 0. The zero-order valence-corrected chi connectivity index (χ0v) is 19.4. The molecule has 0 aromatic heterocycles. The average molecular weight is 391 g/mol. The predicted molar refractivity (Wildman–Crippen MR) is 124 cm³/mol. The highest BCUT2D eigenvalue weighted by molar-refractivity contribution is 5.20. The van der Waals surface area contributed by atoms with Gasteiger partial charge in [-0.3, -0.25) is 4.48 Å². The van der Waals surface area contributed by atoms with E-state index in [0.717, 1.165) is 10.2 Å². The molecule has 0 aliphatic heterocycles. The zero-order valence-electron chi connectivity index (χ0n) is 19.4. The van der Waals surface area contributed by atoms with Gasteiger partial charge in [0.05, 0.1) is 20.6 Å². The van der Waals surface area contributed by atoms with Crippen LogP contribution >= 0.6 is 0 Å². The van der Waals surface area contributed by atoms with Crippen molar-refractivity contribution in [2.75, 3.05) is 20.6 Å². The largest absolute Gasteiger partial charge is 0.443 e. The van der Waals surface area contributed by atoms with Gasteiger partial charge in [0.2, 0.25) is 6.23 Å². The van der Waals surface area contributed by atoms with Gasteiger partial charge in [-0.15, -0.1) is 0 Å². The maximum absolute atomic E-state index is 6.12. The van der Waals surface area contributed by atoms with Crippen LogP contribution in [0.5, 0.6) is 5.75 Å². The molecular formula is C26H48NO+. The second-order valence-electron chi connectivity index (χ2n) is 9.13. The minimum atomic E-state index is 0.185. The number of ether oxygens (including phenoxy) is 1. The van der Waals surface area contributed by atoms with Crippen LogP contribution in [0.15, 0.2) is 30.3 Å². The first kappa shape index (κ1) is 25.0. The van der Waals surface area contributed by atoms with E-state index < -0.39 is 0 Å². The van der Waals surface area contributed by atoms with Crippen LogP contribution in [0, 0.1) is 0 Å². The van der Waals surface area contributed by atoms with Crippen molar-refractivity contribution in [3.05, 3.63) is 30.3 Å². The quantitative estimate of drug-likeness (QED) is 0.140. The van der Waals surface area contributed by atoms with Crippen molar-refractivity contribution in [3.63, 3.8) is 0 Å². The number of rotatable bonds is 18. The lowest BCUT2D eigenvalue weighted by atomic mass is 10.0. The second kappa shape index (κ2) is 15.9. The highest BCUT2D eigenvalue weighted by Crippen LogP contribution is 2.18. The van der Waals surface area contributed by atoms with E-state index in [9.17, 15) is 0 Å². The summed E-state index contributed by atoms with van der Waals surface area (Å²) in [7, 11) is 4.58. The standard InChI is InChI=1S/C26H48NO/c1-5-6-7-8-9-10-11-12-13-14-15-16-17-21-24-27(3,4)25(2)28-26-22-19-18-20-23-26/h18-20,22-23,25H,5-17,21,24H2,1-4H3/q+1. The Labute approximate surface area is 176 Å². The van der Waals surface area contributed by atoms with Crippen LogP contribution in [0.2, 0.25) is 0 Å². The lowest BCUT2D eigenvalue weighted by Gasteiger charge is -2.35. The fourth-order valence-electron chi connectivity index (χ4n) is 3.73. The SMILES string of the molecule is CCCCCCCCCCCCCCCC[N+](C)(C)C(C)Oc1ccccc1. The molecule has 0 saturated heterocycles. The highest BCUT2D eigenvalue weighted by atomic mass is 16.5. The van der Waals surface area contributed by atoms with Crippen LogP contribution in [0.1, 0.15) is 104 Å². The van der Waals surface area contributed by atoms with Crippen LogP contribution in [0.25, 0.3) is 0 Å². The van der Waals surface area contributed by atoms with Crippen molar-refractivity contribution in [2.24, 2.45) is 0 Å². The smallest absolute Gasteiger partial charge is 0.230 e. The van der Waals surface area contributed by atoms with E-state index in [1.165, 1.54) is 96.4 Å². The van der Waals surface area contributed by atoms with Crippen LogP contribution < -0.4 is 4.74 Å². The summed E-state index contributed by atoms with van der Waals surface area (Å²) in [5, 5.41) is 0. The Balaban J connectivity index is 1.94. The molecule has 1 unspecified atom stereocenters. The number of quaternary nitrogens is 1. The topological polar surface area (TPSA) is 9.23 Å². The Bertz CT molecular complexity index is 457. The molecular weight excluding hydrogens is 342 g/mol. The molecule has 0 aliphatic rings. The number of benzene rings is 1. The van der Waals surface area contributed by atoms with E-state index in [0.29, 0.717) is 0 Å². The van der Waals surface area contributed by atoms with Crippen molar-refractivity contribution in [1.82, 2.24) is 0 Å². The molecule has 0 saturated carbocycles. The molecule has 2 heteroatoms. The third-order valence-electron chi connectivity index (χ3n) is 6.12. The molecule has 0 bridgehead atoms. The number of unbranched alkanes of at least 4 members (excludes halogenated alkanes) is 13. The summed E-state index contributed by atoms with van der Waals surface area (Å²) in [6.07, 6.45) is 20.0. The van der Waals surface area contributed by atoms with Gasteiger partial charge in [0, 0.05) is 6.92 Å². The van der Waals surface area contributed by atoms with Gasteiger partial charge in [-0.1, -0.05) is 102 Å². The Hall–Kier alpha value is -1.02. The molecule has 1 aromatic rings. The first-order chi connectivity index (χ1) is 13.6. The Kier molecular flexibility index (Phi) is 14.2. The molecule has 0 fully saturated rings. The maximum Gasteiger partial charge on any atom is 0.230 e. The van der Waals surface area contributed by atoms with E-state index >= 15 is 0 Å². The molecule has 0 aliphatic carbocycles. The van der Waals surface area contributed by atoms with E-state index in [1.807, 2.05) is 30.3 Å². The van der Waals surface area contributed by atoms with Crippen LogP contribution in [0.4, 0.5) is 0 Å². The highest BCUT2D eigenvalue weighted by Gasteiger charge is 2.24. The van der Waals surface area contributed by atoms with Crippen LogP contribution in [-0.4, -0.2) is 31.4 Å². The number of hydrogen-bond donors (Lipinski definition) is 0. The Morgan fingerprint density at radius 2 is 1.11 bits per heavy atom. The molecule has 0 amide bonds. The monoisotopic (exact) mass is 390 g/mol. The zero-order chi connectivity index (χ0) is 20.5. The maximum atomic E-state index is 6.12. The van der Waals surface area contributed by atoms with Crippen molar-refractivity contribution in [1.29, 1.82) is 0 Å². The molecule has 1 atom stereocenters. The van der Waals surface area contributed by atoms with Gasteiger partial charge in [-0.2, -0.15) is 0 Å². The second-order valence-corrected chi connectivity index (χ2v) is 9.13. The fraction of sp³-hybridized carbons (Fsp3) is 0.769. The van der Waals surface area contributed by atoms with Crippen molar-refractivity contribution < 1.29 is 9.22 Å². The third kappa shape index (κ3) is 12.4. The number of hydrogen-bond acceptors (Lipinski definition) is 1. The first-order valence-corrected chi connectivity index (χ1v) is 12.1. The predicted octanol–water partition coefficient (Wildman–Crippen LogP) is 7.97. The van der Waals surface area contributed by atoms with Gasteiger partial charge in [0.15, 0.2) is 0 Å². The molecule has 0 spiro atoms. The molecule has 1 aromatic carbocycles. The van der Waals surface area contributed by atoms with E-state index in [-0.39, 0.29) is 6.23 Å². The fourth-order valence-corrected chi connectivity index (χ4v) is 3.73. The summed E-state index contributed by atoms with van der Waals surface area (Å²) in [4.78, 5) is 0. The normalized spacial score (nSPS) is 12.9. The summed E-state index contributed by atoms with van der Waals surface area (Å²) in [6, 6.07) is 10.2. The van der Waals surface area contributed by atoms with Gasteiger partial charge < -0.3 is 4.74 Å². The van der Waals surface area contributed by atoms with Gasteiger partial charge in [0.1, 0.15) is 5.75 Å². The summed E-state index contributed by atoms with van der Waals surface area (Å²) >= 11 is 0. The third-order valence-corrected chi connectivity index (χ3v) is 6.12. The Morgan fingerprint density at radius 3 is 1.57 bits per heavy atom. The van der Waals surface area contributed by atoms with Crippen LogP contribution in [-0.2, 0) is 0 Å². The van der Waals surface area contributed by atoms with Gasteiger partial charge >= 0.3 is 0 Å². The van der Waals surface area contributed by atoms with Gasteiger partial charge in [-0.25, -0.2) is 0 Å². The summed E-state index contributed by atoms with van der Waals surface area (Å²) < 4.78 is 7.04. The molecule has 1 rings (SSSR count).